The molecule has 0 fully saturated rings. The number of urea groups is 1. The maximum absolute atomic E-state index is 13.3. The third-order valence-corrected chi connectivity index (χ3v) is 5.70. The molecule has 1 N–H and O–H groups in total. The van der Waals surface area contributed by atoms with E-state index in [1.807, 2.05) is 49.9 Å². The van der Waals surface area contributed by atoms with Crippen molar-refractivity contribution in [3.63, 3.8) is 0 Å². The Bertz CT molecular complexity index is 1040. The second-order valence-corrected chi connectivity index (χ2v) is 8.50. The Morgan fingerprint density at radius 3 is 2.34 bits per heavy atom. The molecule has 0 unspecified atom stereocenters. The molecule has 7 nitrogen and oxygen atoms in total. The molecule has 0 aliphatic carbocycles. The predicted octanol–water partition coefficient (Wildman–Crippen LogP) is 5.40. The molecule has 32 heavy (non-hydrogen) atoms. The fourth-order valence-electron chi connectivity index (χ4n) is 3.21. The van der Waals surface area contributed by atoms with Gasteiger partial charge >= 0.3 is 6.03 Å². The van der Waals surface area contributed by atoms with E-state index in [0.29, 0.717) is 34.6 Å². The third-order valence-electron chi connectivity index (χ3n) is 5.07. The van der Waals surface area contributed by atoms with Crippen LogP contribution in [0.1, 0.15) is 25.3 Å². The Balaban J connectivity index is 1.77. The lowest BCUT2D eigenvalue weighted by Gasteiger charge is -2.30. The number of benzene rings is 1. The molecule has 0 aliphatic heterocycles. The zero-order valence-electron chi connectivity index (χ0n) is 18.2. The lowest BCUT2D eigenvalue weighted by molar-refractivity contribution is -0.133. The van der Waals surface area contributed by atoms with E-state index in [1.165, 1.54) is 4.90 Å². The average Bonchev–Trinajstić information content (AvgIpc) is 3.40. The zero-order valence-corrected chi connectivity index (χ0v) is 19.7. The van der Waals surface area contributed by atoms with Crippen molar-refractivity contribution < 1.29 is 14.0 Å². The lowest BCUT2D eigenvalue weighted by Crippen LogP contribution is -2.47. The van der Waals surface area contributed by atoms with E-state index in [-0.39, 0.29) is 18.5 Å². The Labute approximate surface area is 197 Å². The largest absolute Gasteiger partial charge is 0.467 e. The molecule has 0 saturated carbocycles. The molecule has 3 amide bonds. The van der Waals surface area contributed by atoms with Crippen LogP contribution in [-0.4, -0.2) is 38.9 Å². The van der Waals surface area contributed by atoms with E-state index in [4.69, 9.17) is 27.6 Å². The second kappa shape index (κ2) is 10.6. The van der Waals surface area contributed by atoms with Crippen molar-refractivity contribution in [2.45, 2.75) is 33.0 Å². The summed E-state index contributed by atoms with van der Waals surface area (Å²) in [7, 11) is 1.92. The number of nitrogens with one attached hydrogen (secondary N) is 1. The van der Waals surface area contributed by atoms with Crippen LogP contribution >= 0.6 is 23.2 Å². The summed E-state index contributed by atoms with van der Waals surface area (Å²) in [6, 6.07) is 11.7. The van der Waals surface area contributed by atoms with Crippen molar-refractivity contribution in [3.05, 3.63) is 76.4 Å². The number of amides is 3. The van der Waals surface area contributed by atoms with Crippen LogP contribution in [0.2, 0.25) is 10.0 Å². The Kier molecular flexibility index (Phi) is 7.88. The van der Waals surface area contributed by atoms with Crippen molar-refractivity contribution in [1.82, 2.24) is 14.4 Å². The highest BCUT2D eigenvalue weighted by Crippen LogP contribution is 2.30. The van der Waals surface area contributed by atoms with Gasteiger partial charge in [0.15, 0.2) is 0 Å². The molecule has 0 aliphatic rings. The van der Waals surface area contributed by atoms with Crippen LogP contribution in [0.15, 0.2) is 59.3 Å². The van der Waals surface area contributed by atoms with Gasteiger partial charge in [0.1, 0.15) is 12.3 Å². The quantitative estimate of drug-likeness (QED) is 0.473. The maximum Gasteiger partial charge on any atom is 0.322 e. The van der Waals surface area contributed by atoms with Gasteiger partial charge in [0.2, 0.25) is 5.91 Å². The fourth-order valence-corrected chi connectivity index (χ4v) is 3.70. The lowest BCUT2D eigenvalue weighted by atomic mass is 10.2. The van der Waals surface area contributed by atoms with E-state index in [1.54, 1.807) is 35.4 Å². The number of anilines is 1. The molecule has 0 spiro atoms. The van der Waals surface area contributed by atoms with Crippen molar-refractivity contribution in [1.29, 1.82) is 0 Å². The van der Waals surface area contributed by atoms with Gasteiger partial charge in [-0.2, -0.15) is 0 Å². The number of aromatic nitrogens is 1. The van der Waals surface area contributed by atoms with Crippen molar-refractivity contribution >= 4 is 40.8 Å². The van der Waals surface area contributed by atoms with Crippen LogP contribution in [-0.2, 0) is 24.9 Å². The molecule has 170 valence electrons. The minimum Gasteiger partial charge on any atom is -0.467 e. The SMILES string of the molecule is CC(C)N(CC(=O)N(Cc1ccco1)Cc1cccn1C)C(=O)Nc1c(Cl)cccc1Cl. The van der Waals surface area contributed by atoms with Crippen molar-refractivity contribution in [2.75, 3.05) is 11.9 Å². The summed E-state index contributed by atoms with van der Waals surface area (Å²) < 4.78 is 7.40. The standard InChI is InChI=1S/C23H26Cl2N4O3/c1-16(2)29(23(31)26-22-19(24)9-4-10-20(22)25)15-21(30)28(14-18-8-6-12-32-18)13-17-7-5-11-27(17)3/h4-12,16H,13-15H2,1-3H3,(H,26,31). The number of carbonyl (C=O) groups excluding carboxylic acids is 2. The number of aryl methyl sites for hydroxylation is 1. The van der Waals surface area contributed by atoms with Crippen molar-refractivity contribution in [2.24, 2.45) is 7.05 Å². The number of halogens is 2. The molecule has 0 bridgehead atoms. The fraction of sp³-hybridized carbons (Fsp3) is 0.304. The van der Waals surface area contributed by atoms with Gasteiger partial charge in [-0.1, -0.05) is 29.3 Å². The Hall–Kier alpha value is -2.90. The zero-order chi connectivity index (χ0) is 23.3. The summed E-state index contributed by atoms with van der Waals surface area (Å²) in [5.74, 6) is 0.452. The van der Waals surface area contributed by atoms with Gasteiger partial charge < -0.3 is 24.1 Å². The molecule has 3 aromatic rings. The monoisotopic (exact) mass is 476 g/mol. The number of hydrogen-bond acceptors (Lipinski definition) is 3. The number of para-hydroxylation sites is 1. The molecule has 0 radical (unpaired) electrons. The first-order valence-corrected chi connectivity index (χ1v) is 10.9. The first kappa shape index (κ1) is 23.8. The predicted molar refractivity (Wildman–Crippen MR) is 126 cm³/mol. The minimum atomic E-state index is -0.458. The molecule has 2 aromatic heterocycles. The van der Waals surface area contributed by atoms with Crippen LogP contribution in [0.5, 0.6) is 0 Å². The normalized spacial score (nSPS) is 10.9. The first-order valence-electron chi connectivity index (χ1n) is 10.2. The molecule has 0 atom stereocenters. The third kappa shape index (κ3) is 5.87. The summed E-state index contributed by atoms with van der Waals surface area (Å²) >= 11 is 12.4. The number of carbonyl (C=O) groups is 2. The summed E-state index contributed by atoms with van der Waals surface area (Å²) in [5.41, 5.74) is 1.28. The summed E-state index contributed by atoms with van der Waals surface area (Å²) in [6.45, 7) is 4.24. The summed E-state index contributed by atoms with van der Waals surface area (Å²) in [4.78, 5) is 29.4. The van der Waals surface area contributed by atoms with E-state index in [0.717, 1.165) is 5.69 Å². The van der Waals surface area contributed by atoms with Gasteiger partial charge in [-0.3, -0.25) is 4.79 Å². The summed E-state index contributed by atoms with van der Waals surface area (Å²) in [5, 5.41) is 3.38. The van der Waals surface area contributed by atoms with Gasteiger partial charge in [0.25, 0.3) is 0 Å². The van der Waals surface area contributed by atoms with Gasteiger partial charge in [0, 0.05) is 25.0 Å². The Morgan fingerprint density at radius 2 is 1.78 bits per heavy atom. The highest BCUT2D eigenvalue weighted by atomic mass is 35.5. The van der Waals surface area contributed by atoms with Crippen molar-refractivity contribution in [3.8, 4) is 0 Å². The minimum absolute atomic E-state index is 0.114. The molecule has 3 rings (SSSR count). The van der Waals surface area contributed by atoms with E-state index < -0.39 is 6.03 Å². The molecule has 0 saturated heterocycles. The molecular formula is C23H26Cl2N4O3. The highest BCUT2D eigenvalue weighted by Gasteiger charge is 2.25. The van der Waals surface area contributed by atoms with Gasteiger partial charge in [-0.15, -0.1) is 0 Å². The number of rotatable bonds is 8. The van der Waals surface area contributed by atoms with Crippen LogP contribution in [0.4, 0.5) is 10.5 Å². The molecule has 9 heteroatoms. The number of nitrogens with zero attached hydrogens (tertiary/aromatic N) is 3. The van der Waals surface area contributed by atoms with Gasteiger partial charge in [0.05, 0.1) is 35.1 Å². The molecule has 2 heterocycles. The van der Waals surface area contributed by atoms with E-state index >= 15 is 0 Å². The number of hydrogen-bond donors (Lipinski definition) is 1. The maximum atomic E-state index is 13.3. The second-order valence-electron chi connectivity index (χ2n) is 7.69. The van der Waals surface area contributed by atoms with E-state index in [2.05, 4.69) is 5.32 Å². The molecule has 1 aromatic carbocycles. The average molecular weight is 477 g/mol. The molecular weight excluding hydrogens is 451 g/mol. The smallest absolute Gasteiger partial charge is 0.322 e. The van der Waals surface area contributed by atoms with Gasteiger partial charge in [-0.25, -0.2) is 4.79 Å². The Morgan fingerprint density at radius 1 is 1.06 bits per heavy atom. The van der Waals surface area contributed by atoms with Crippen LogP contribution in [0.25, 0.3) is 0 Å². The topological polar surface area (TPSA) is 70.7 Å². The number of furan rings is 1. The van der Waals surface area contributed by atoms with E-state index in [9.17, 15) is 9.59 Å². The highest BCUT2D eigenvalue weighted by molar-refractivity contribution is 6.39. The van der Waals surface area contributed by atoms with Crippen LogP contribution in [0.3, 0.4) is 0 Å². The van der Waals surface area contributed by atoms with Crippen LogP contribution < -0.4 is 5.32 Å². The first-order chi connectivity index (χ1) is 15.3. The van der Waals surface area contributed by atoms with Gasteiger partial charge in [-0.05, 0) is 50.2 Å². The summed E-state index contributed by atoms with van der Waals surface area (Å²) in [6.07, 6.45) is 3.49. The van der Waals surface area contributed by atoms with Crippen LogP contribution in [0, 0.1) is 0 Å².